The minimum Gasteiger partial charge on any atom is -0.292 e. The summed E-state index contributed by atoms with van der Waals surface area (Å²) in [5.41, 5.74) is 5.15. The smallest absolute Gasteiger partial charge is 0.187 e. The quantitative estimate of drug-likeness (QED) is 0.315. The molecule has 1 aliphatic heterocycles. The molecule has 2 atom stereocenters. The molecule has 170 valence electrons. The van der Waals surface area contributed by atoms with Gasteiger partial charge in [0.05, 0.1) is 17.3 Å². The van der Waals surface area contributed by atoms with Gasteiger partial charge in [-0.05, 0) is 53.3 Å². The highest BCUT2D eigenvalue weighted by molar-refractivity contribution is 6.19. The molecule has 3 heteroatoms. The molecule has 2 aliphatic rings. The molecule has 1 saturated carbocycles. The molecule has 6 rings (SSSR count). The van der Waals surface area contributed by atoms with Crippen molar-refractivity contribution in [1.82, 2.24) is 0 Å². The van der Waals surface area contributed by atoms with Crippen LogP contribution >= 0.6 is 0 Å². The van der Waals surface area contributed by atoms with Gasteiger partial charge < -0.3 is 0 Å². The van der Waals surface area contributed by atoms with Crippen molar-refractivity contribution in [2.45, 2.75) is 24.3 Å². The molecule has 0 unspecified atom stereocenters. The number of Topliss-reactive ketones (excluding diaryl/α,β-unsaturated/α-hetero) is 1. The lowest BCUT2D eigenvalue weighted by Gasteiger charge is -2.37. The monoisotopic (exact) mass is 454 g/mol. The fourth-order valence-corrected chi connectivity index (χ4v) is 5.57. The first-order chi connectivity index (χ1) is 17.3. The molecule has 0 bridgehead atoms. The second-order valence-electron chi connectivity index (χ2n) is 9.18. The molecule has 3 nitrogen and oxygen atoms in total. The molecule has 1 heterocycles. The van der Waals surface area contributed by atoms with Crippen molar-refractivity contribution < 1.29 is 4.79 Å². The third kappa shape index (κ3) is 3.60. The Bertz CT molecular complexity index is 1400. The Morgan fingerprint density at radius 2 is 1.31 bits per heavy atom. The number of nitrogens with zero attached hydrogens (tertiary/aromatic N) is 2. The third-order valence-electron chi connectivity index (χ3n) is 7.14. The number of benzene rings is 4. The van der Waals surface area contributed by atoms with Crippen molar-refractivity contribution in [2.75, 3.05) is 5.01 Å². The number of hydrazone groups is 1. The molecule has 0 radical (unpaired) electrons. The third-order valence-corrected chi connectivity index (χ3v) is 7.14. The molecule has 0 N–H and O–H groups in total. The largest absolute Gasteiger partial charge is 0.292 e. The van der Waals surface area contributed by atoms with Gasteiger partial charge in [0.1, 0.15) is 5.54 Å². The zero-order valence-corrected chi connectivity index (χ0v) is 19.4. The first-order valence-electron chi connectivity index (χ1n) is 12.1. The topological polar surface area (TPSA) is 32.7 Å². The number of para-hydroxylation sites is 1. The van der Waals surface area contributed by atoms with Crippen molar-refractivity contribution in [1.29, 1.82) is 0 Å². The average Bonchev–Trinajstić information content (AvgIpc) is 3.44. The molecule has 1 fully saturated rings. The Balaban J connectivity index is 1.56. The molecule has 4 aromatic rings. The van der Waals surface area contributed by atoms with Crippen LogP contribution in [-0.2, 0) is 4.79 Å². The second kappa shape index (κ2) is 8.84. The van der Waals surface area contributed by atoms with Crippen LogP contribution in [0.5, 0.6) is 0 Å². The van der Waals surface area contributed by atoms with E-state index in [1.54, 1.807) is 0 Å². The van der Waals surface area contributed by atoms with Crippen LogP contribution in [-0.4, -0.2) is 17.0 Å². The molecular weight excluding hydrogens is 428 g/mol. The fourth-order valence-electron chi connectivity index (χ4n) is 5.57. The van der Waals surface area contributed by atoms with E-state index >= 15 is 0 Å². The van der Waals surface area contributed by atoms with E-state index in [0.29, 0.717) is 6.42 Å². The van der Waals surface area contributed by atoms with Gasteiger partial charge in [0.15, 0.2) is 5.78 Å². The molecule has 0 amide bonds. The molecule has 4 aromatic carbocycles. The lowest BCUT2D eigenvalue weighted by molar-refractivity contribution is -0.119. The minimum absolute atomic E-state index is 0.161. The number of hydrogen-bond acceptors (Lipinski definition) is 3. The number of rotatable bonds is 4. The van der Waals surface area contributed by atoms with Gasteiger partial charge in [-0.15, -0.1) is 0 Å². The Hall–Kier alpha value is -4.24. The minimum atomic E-state index is -0.811. The van der Waals surface area contributed by atoms with Crippen LogP contribution < -0.4 is 5.01 Å². The normalized spacial score (nSPS) is 22.7. The zero-order valence-electron chi connectivity index (χ0n) is 19.4. The zero-order chi connectivity index (χ0) is 23.7. The van der Waals surface area contributed by atoms with E-state index in [1.165, 1.54) is 0 Å². The first-order valence-corrected chi connectivity index (χ1v) is 12.1. The van der Waals surface area contributed by atoms with Gasteiger partial charge in [-0.25, -0.2) is 0 Å². The van der Waals surface area contributed by atoms with Crippen molar-refractivity contribution >= 4 is 23.3 Å². The number of ketones is 1. The molecule has 35 heavy (non-hydrogen) atoms. The summed E-state index contributed by atoms with van der Waals surface area (Å²) >= 11 is 0. The summed E-state index contributed by atoms with van der Waals surface area (Å²) in [6.07, 6.45) is 3.49. The number of hydrogen-bond donors (Lipinski definition) is 0. The van der Waals surface area contributed by atoms with Gasteiger partial charge in [0.2, 0.25) is 0 Å². The van der Waals surface area contributed by atoms with Crippen LogP contribution in [0.4, 0.5) is 5.69 Å². The predicted octanol–water partition coefficient (Wildman–Crippen LogP) is 6.88. The van der Waals surface area contributed by atoms with Crippen molar-refractivity contribution in [3.05, 3.63) is 144 Å². The van der Waals surface area contributed by atoms with Crippen molar-refractivity contribution in [3.63, 3.8) is 0 Å². The van der Waals surface area contributed by atoms with Crippen LogP contribution in [0.3, 0.4) is 0 Å². The highest BCUT2D eigenvalue weighted by Crippen LogP contribution is 2.52. The van der Waals surface area contributed by atoms with E-state index in [9.17, 15) is 4.79 Å². The van der Waals surface area contributed by atoms with Crippen LogP contribution in [0, 0.1) is 0 Å². The Labute approximate surface area is 206 Å². The van der Waals surface area contributed by atoms with Crippen LogP contribution in [0.25, 0.3) is 6.08 Å². The highest BCUT2D eigenvalue weighted by atomic mass is 16.1. The van der Waals surface area contributed by atoms with Gasteiger partial charge in [0, 0.05) is 0 Å². The van der Waals surface area contributed by atoms with Gasteiger partial charge in [0.25, 0.3) is 0 Å². The molecular formula is C32H26N2O. The van der Waals surface area contributed by atoms with Crippen LogP contribution in [0.1, 0.15) is 35.4 Å². The summed E-state index contributed by atoms with van der Waals surface area (Å²) in [5.74, 6) is -0.0192. The van der Waals surface area contributed by atoms with E-state index < -0.39 is 5.54 Å². The van der Waals surface area contributed by atoms with Crippen LogP contribution in [0.15, 0.2) is 132 Å². The van der Waals surface area contributed by atoms with Crippen molar-refractivity contribution in [3.8, 4) is 0 Å². The van der Waals surface area contributed by atoms with Gasteiger partial charge in [-0.1, -0.05) is 109 Å². The van der Waals surface area contributed by atoms with E-state index in [2.05, 4.69) is 54.6 Å². The lowest BCUT2D eigenvalue weighted by Crippen LogP contribution is -2.51. The summed E-state index contributed by atoms with van der Waals surface area (Å²) in [6.45, 7) is 0. The second-order valence-corrected chi connectivity index (χ2v) is 9.18. The van der Waals surface area contributed by atoms with Gasteiger partial charge in [-0.3, -0.25) is 9.80 Å². The highest BCUT2D eigenvalue weighted by Gasteiger charge is 2.60. The number of carbonyl (C=O) groups is 1. The van der Waals surface area contributed by atoms with E-state index in [1.807, 2.05) is 77.8 Å². The maximum atomic E-state index is 14.5. The van der Waals surface area contributed by atoms with E-state index in [-0.39, 0.29) is 11.7 Å². The molecule has 0 aromatic heterocycles. The Morgan fingerprint density at radius 3 is 1.97 bits per heavy atom. The van der Waals surface area contributed by atoms with E-state index in [4.69, 9.17) is 5.10 Å². The Morgan fingerprint density at radius 1 is 0.743 bits per heavy atom. The average molecular weight is 455 g/mol. The van der Waals surface area contributed by atoms with Gasteiger partial charge >= 0.3 is 0 Å². The lowest BCUT2D eigenvalue weighted by atomic mass is 9.73. The maximum absolute atomic E-state index is 14.5. The first kappa shape index (κ1) is 21.3. The standard InChI is InChI=1S/C32H26N2O/c35-31-27(23-24-13-5-1-6-14-24)21-22-32(31)29(25-15-7-2-8-16-25)30(26-17-9-3-10-18-26)33-34(32)28-19-11-4-12-20-28/h1-20,23,29H,21-22H2/b27-23+/t29-,32-/m1/s1. The summed E-state index contributed by atoms with van der Waals surface area (Å²) in [4.78, 5) is 14.5. The summed E-state index contributed by atoms with van der Waals surface area (Å²) in [7, 11) is 0. The molecule has 1 spiro atoms. The predicted molar refractivity (Wildman–Crippen MR) is 142 cm³/mol. The number of carbonyl (C=O) groups excluding carboxylic acids is 1. The van der Waals surface area contributed by atoms with E-state index in [0.717, 1.165) is 40.1 Å². The Kier molecular flexibility index (Phi) is 5.38. The van der Waals surface area contributed by atoms with Crippen molar-refractivity contribution in [2.24, 2.45) is 5.10 Å². The van der Waals surface area contributed by atoms with Gasteiger partial charge in [-0.2, -0.15) is 5.10 Å². The molecule has 0 saturated heterocycles. The summed E-state index contributed by atoms with van der Waals surface area (Å²) in [6, 6.07) is 40.9. The summed E-state index contributed by atoms with van der Waals surface area (Å²) in [5, 5.41) is 7.23. The van der Waals surface area contributed by atoms with Crippen LogP contribution in [0.2, 0.25) is 0 Å². The maximum Gasteiger partial charge on any atom is 0.187 e. The fraction of sp³-hybridized carbons (Fsp3) is 0.125. The molecule has 1 aliphatic carbocycles. The SMILES string of the molecule is O=C1/C(=C/c2ccccc2)CC[C@@]12[C@H](c1ccccc1)C(c1ccccc1)=NN2c1ccccc1. The number of anilines is 1. The summed E-state index contributed by atoms with van der Waals surface area (Å²) < 4.78 is 0.